The van der Waals surface area contributed by atoms with Crippen LogP contribution in [-0.4, -0.2) is 18.0 Å². The standard InChI is InChI=1S/C17H14Cl3N3O2/c18-12-3-1-2-11(8-12)10-21-23-17(25)7-6-16(24)22-15-9-13(19)4-5-14(15)20/h1-5,8-10H,6-7H2,(H,22,24)(H,23,25)/b21-10+. The Balaban J connectivity index is 1.77. The summed E-state index contributed by atoms with van der Waals surface area (Å²) in [7, 11) is 0. The van der Waals surface area contributed by atoms with E-state index in [1.807, 2.05) is 0 Å². The molecular formula is C17H14Cl3N3O2. The molecule has 0 spiro atoms. The van der Waals surface area contributed by atoms with Gasteiger partial charge in [0, 0.05) is 22.9 Å². The molecule has 0 saturated carbocycles. The minimum Gasteiger partial charge on any atom is -0.325 e. The van der Waals surface area contributed by atoms with Crippen molar-refractivity contribution in [2.75, 3.05) is 5.32 Å². The number of hydrogen-bond acceptors (Lipinski definition) is 3. The van der Waals surface area contributed by atoms with Gasteiger partial charge < -0.3 is 5.32 Å². The Bertz CT molecular complexity index is 809. The zero-order valence-corrected chi connectivity index (χ0v) is 15.2. The summed E-state index contributed by atoms with van der Waals surface area (Å²) in [5.41, 5.74) is 3.50. The van der Waals surface area contributed by atoms with E-state index in [9.17, 15) is 9.59 Å². The molecule has 5 nitrogen and oxygen atoms in total. The van der Waals surface area contributed by atoms with Gasteiger partial charge in [0.1, 0.15) is 0 Å². The van der Waals surface area contributed by atoms with Crippen LogP contribution < -0.4 is 10.7 Å². The SMILES string of the molecule is O=C(CCC(=O)Nc1cc(Cl)ccc1Cl)N/N=C/c1cccc(Cl)c1. The van der Waals surface area contributed by atoms with Crippen LogP contribution in [0.3, 0.4) is 0 Å². The first-order valence-corrected chi connectivity index (χ1v) is 8.40. The van der Waals surface area contributed by atoms with Crippen LogP contribution in [0.2, 0.25) is 15.1 Å². The second-order valence-electron chi connectivity index (χ2n) is 5.02. The van der Waals surface area contributed by atoms with Gasteiger partial charge in [-0.3, -0.25) is 9.59 Å². The van der Waals surface area contributed by atoms with Crippen molar-refractivity contribution in [2.45, 2.75) is 12.8 Å². The molecule has 0 aliphatic carbocycles. The van der Waals surface area contributed by atoms with E-state index in [0.717, 1.165) is 5.56 Å². The third-order valence-corrected chi connectivity index (χ3v) is 3.83. The van der Waals surface area contributed by atoms with E-state index in [2.05, 4.69) is 15.8 Å². The summed E-state index contributed by atoms with van der Waals surface area (Å²) in [5.74, 6) is -0.733. The quantitative estimate of drug-likeness (QED) is 0.555. The largest absolute Gasteiger partial charge is 0.325 e. The summed E-state index contributed by atoms with van der Waals surface area (Å²) in [6, 6.07) is 11.8. The number of nitrogens with one attached hydrogen (secondary N) is 2. The lowest BCUT2D eigenvalue weighted by Crippen LogP contribution is -2.20. The Kier molecular flexibility index (Phi) is 7.25. The lowest BCUT2D eigenvalue weighted by Gasteiger charge is -2.07. The third kappa shape index (κ3) is 6.74. The van der Waals surface area contributed by atoms with Crippen molar-refractivity contribution in [1.29, 1.82) is 0 Å². The maximum atomic E-state index is 11.9. The van der Waals surface area contributed by atoms with Crippen molar-refractivity contribution >= 4 is 58.5 Å². The average Bonchev–Trinajstić information content (AvgIpc) is 2.56. The molecule has 8 heteroatoms. The maximum absolute atomic E-state index is 11.9. The van der Waals surface area contributed by atoms with E-state index in [1.165, 1.54) is 12.3 Å². The van der Waals surface area contributed by atoms with Crippen LogP contribution in [-0.2, 0) is 9.59 Å². The number of rotatable bonds is 6. The highest BCUT2D eigenvalue weighted by Gasteiger charge is 2.09. The predicted octanol–water partition coefficient (Wildman–Crippen LogP) is 4.52. The number of nitrogens with zero attached hydrogens (tertiary/aromatic N) is 1. The maximum Gasteiger partial charge on any atom is 0.240 e. The molecule has 130 valence electrons. The number of halogens is 3. The molecule has 2 amide bonds. The van der Waals surface area contributed by atoms with Crippen LogP contribution in [0.15, 0.2) is 47.6 Å². The van der Waals surface area contributed by atoms with Crippen LogP contribution in [0.4, 0.5) is 5.69 Å². The predicted molar refractivity (Wildman–Crippen MR) is 102 cm³/mol. The molecule has 0 radical (unpaired) electrons. The van der Waals surface area contributed by atoms with Crippen molar-refractivity contribution in [3.63, 3.8) is 0 Å². The van der Waals surface area contributed by atoms with E-state index < -0.39 is 0 Å². The molecule has 2 aromatic carbocycles. The molecule has 0 aliphatic heterocycles. The van der Waals surface area contributed by atoms with Gasteiger partial charge in [-0.1, -0.05) is 46.9 Å². The Labute approximate surface area is 160 Å². The van der Waals surface area contributed by atoms with Gasteiger partial charge in [-0.05, 0) is 35.9 Å². The highest BCUT2D eigenvalue weighted by atomic mass is 35.5. The van der Waals surface area contributed by atoms with Gasteiger partial charge in [-0.15, -0.1) is 0 Å². The summed E-state index contributed by atoms with van der Waals surface area (Å²) < 4.78 is 0. The van der Waals surface area contributed by atoms with Crippen molar-refractivity contribution < 1.29 is 9.59 Å². The van der Waals surface area contributed by atoms with Crippen LogP contribution in [0.5, 0.6) is 0 Å². The van der Waals surface area contributed by atoms with Gasteiger partial charge in [-0.25, -0.2) is 5.43 Å². The molecule has 2 rings (SSSR count). The minimum absolute atomic E-state index is 0.0125. The van der Waals surface area contributed by atoms with Crippen LogP contribution >= 0.6 is 34.8 Å². The van der Waals surface area contributed by atoms with E-state index in [-0.39, 0.29) is 24.7 Å². The zero-order valence-electron chi connectivity index (χ0n) is 12.9. The van der Waals surface area contributed by atoms with Gasteiger partial charge in [0.05, 0.1) is 16.9 Å². The molecule has 0 heterocycles. The fourth-order valence-corrected chi connectivity index (χ4v) is 2.39. The second-order valence-corrected chi connectivity index (χ2v) is 6.30. The molecule has 0 atom stereocenters. The molecule has 0 unspecified atom stereocenters. The van der Waals surface area contributed by atoms with E-state index >= 15 is 0 Å². The minimum atomic E-state index is -0.384. The molecule has 0 aromatic heterocycles. The number of benzene rings is 2. The lowest BCUT2D eigenvalue weighted by atomic mass is 10.2. The Hall–Kier alpha value is -2.08. The van der Waals surface area contributed by atoms with Crippen LogP contribution in [0.1, 0.15) is 18.4 Å². The summed E-state index contributed by atoms with van der Waals surface area (Å²) >= 11 is 17.7. The Morgan fingerprint density at radius 2 is 1.68 bits per heavy atom. The number of carbonyl (C=O) groups is 2. The molecule has 0 aliphatic rings. The fourth-order valence-electron chi connectivity index (χ4n) is 1.85. The summed E-state index contributed by atoms with van der Waals surface area (Å²) in [6.07, 6.45) is 1.44. The smallest absolute Gasteiger partial charge is 0.240 e. The lowest BCUT2D eigenvalue weighted by molar-refractivity contribution is -0.124. The van der Waals surface area contributed by atoms with Gasteiger partial charge in [0.25, 0.3) is 0 Å². The van der Waals surface area contributed by atoms with Crippen molar-refractivity contribution in [3.8, 4) is 0 Å². The first-order valence-electron chi connectivity index (χ1n) is 7.26. The number of amides is 2. The number of anilines is 1. The van der Waals surface area contributed by atoms with Gasteiger partial charge >= 0.3 is 0 Å². The van der Waals surface area contributed by atoms with E-state index in [0.29, 0.717) is 20.8 Å². The van der Waals surface area contributed by atoms with Crippen molar-refractivity contribution in [1.82, 2.24) is 5.43 Å². The van der Waals surface area contributed by atoms with Crippen molar-refractivity contribution in [2.24, 2.45) is 5.10 Å². The van der Waals surface area contributed by atoms with Gasteiger partial charge in [-0.2, -0.15) is 5.10 Å². The monoisotopic (exact) mass is 397 g/mol. The summed E-state index contributed by atoms with van der Waals surface area (Å²) in [4.78, 5) is 23.6. The van der Waals surface area contributed by atoms with Gasteiger partial charge in [0.2, 0.25) is 11.8 Å². The Morgan fingerprint density at radius 3 is 2.44 bits per heavy atom. The normalized spacial score (nSPS) is 10.7. The first kappa shape index (κ1) is 19.2. The molecule has 0 fully saturated rings. The molecular weight excluding hydrogens is 385 g/mol. The fraction of sp³-hybridized carbons (Fsp3) is 0.118. The van der Waals surface area contributed by atoms with E-state index in [1.54, 1.807) is 36.4 Å². The summed E-state index contributed by atoms with van der Waals surface area (Å²) in [5, 5.41) is 7.82. The summed E-state index contributed by atoms with van der Waals surface area (Å²) in [6.45, 7) is 0. The van der Waals surface area contributed by atoms with Crippen LogP contribution in [0.25, 0.3) is 0 Å². The van der Waals surface area contributed by atoms with Crippen LogP contribution in [0, 0.1) is 0 Å². The highest BCUT2D eigenvalue weighted by Crippen LogP contribution is 2.25. The Morgan fingerprint density at radius 1 is 0.960 bits per heavy atom. The first-order chi connectivity index (χ1) is 11.9. The average molecular weight is 399 g/mol. The molecule has 0 bridgehead atoms. The highest BCUT2D eigenvalue weighted by molar-refractivity contribution is 6.35. The molecule has 2 N–H and O–H groups in total. The topological polar surface area (TPSA) is 70.6 Å². The third-order valence-electron chi connectivity index (χ3n) is 3.03. The molecule has 2 aromatic rings. The van der Waals surface area contributed by atoms with Gasteiger partial charge in [0.15, 0.2) is 0 Å². The second kappa shape index (κ2) is 9.42. The number of hydrogen-bond donors (Lipinski definition) is 2. The molecule has 0 saturated heterocycles. The zero-order chi connectivity index (χ0) is 18.2. The number of hydrazone groups is 1. The van der Waals surface area contributed by atoms with Crippen molar-refractivity contribution in [3.05, 3.63) is 63.1 Å². The van der Waals surface area contributed by atoms with E-state index in [4.69, 9.17) is 34.8 Å². The molecule has 25 heavy (non-hydrogen) atoms. The number of carbonyl (C=O) groups excluding carboxylic acids is 2.